The zero-order valence-corrected chi connectivity index (χ0v) is 8.17. The Kier molecular flexibility index (Phi) is 2.28. The Bertz CT molecular complexity index is 468. The zero-order chi connectivity index (χ0) is 9.97. The highest BCUT2D eigenvalue weighted by Crippen LogP contribution is 2.20. The smallest absolute Gasteiger partial charge is 0.411 e. The number of ether oxygens (including phenoxy) is 1. The fourth-order valence-corrected chi connectivity index (χ4v) is 1.62. The van der Waals surface area contributed by atoms with Crippen LogP contribution >= 0.6 is 11.7 Å². The number of nitrogens with zero attached hydrogens (tertiary/aromatic N) is 2. The van der Waals surface area contributed by atoms with Gasteiger partial charge < -0.3 is 4.74 Å². The van der Waals surface area contributed by atoms with Gasteiger partial charge in [-0.2, -0.15) is 8.75 Å². The summed E-state index contributed by atoms with van der Waals surface area (Å²) in [6.07, 6.45) is -0.509. The van der Waals surface area contributed by atoms with Crippen LogP contribution in [-0.4, -0.2) is 22.0 Å². The van der Waals surface area contributed by atoms with Crippen molar-refractivity contribution in [1.29, 1.82) is 0 Å². The number of hydrogen-bond donors (Lipinski definition) is 1. The summed E-state index contributed by atoms with van der Waals surface area (Å²) in [7, 11) is 1.31. The second-order valence-corrected chi connectivity index (χ2v) is 3.08. The normalized spacial score (nSPS) is 10.1. The highest BCUT2D eigenvalue weighted by atomic mass is 32.1. The predicted octanol–water partition coefficient (Wildman–Crippen LogP) is 1.87. The maximum atomic E-state index is 11.0. The molecule has 1 heterocycles. The van der Waals surface area contributed by atoms with E-state index < -0.39 is 6.09 Å². The summed E-state index contributed by atoms with van der Waals surface area (Å²) in [5.41, 5.74) is 2.06. The first-order valence-corrected chi connectivity index (χ1v) is 4.60. The molecule has 0 aliphatic carbocycles. The summed E-state index contributed by atoms with van der Waals surface area (Å²) in [5, 5.41) is 2.56. The van der Waals surface area contributed by atoms with Crippen LogP contribution in [0.15, 0.2) is 18.2 Å². The molecule has 1 aromatic carbocycles. The first-order chi connectivity index (χ1) is 6.81. The van der Waals surface area contributed by atoms with E-state index >= 15 is 0 Å². The Balaban J connectivity index is 2.41. The lowest BCUT2D eigenvalue weighted by Gasteiger charge is -2.02. The average molecular weight is 209 g/mol. The van der Waals surface area contributed by atoms with Gasteiger partial charge in [0.2, 0.25) is 0 Å². The fraction of sp³-hybridized carbons (Fsp3) is 0.125. The minimum Gasteiger partial charge on any atom is -0.453 e. The van der Waals surface area contributed by atoms with Crippen molar-refractivity contribution in [2.45, 2.75) is 0 Å². The lowest BCUT2D eigenvalue weighted by molar-refractivity contribution is 0.187. The lowest BCUT2D eigenvalue weighted by atomic mass is 10.3. The van der Waals surface area contributed by atoms with Crippen molar-refractivity contribution in [1.82, 2.24) is 8.75 Å². The SMILES string of the molecule is COC(=O)Nc1cccc2nsnc12. The van der Waals surface area contributed by atoms with E-state index in [0.29, 0.717) is 11.2 Å². The van der Waals surface area contributed by atoms with Gasteiger partial charge in [-0.3, -0.25) is 5.32 Å². The molecule has 0 saturated heterocycles. The summed E-state index contributed by atoms with van der Waals surface area (Å²) in [4.78, 5) is 11.0. The van der Waals surface area contributed by atoms with Gasteiger partial charge in [-0.05, 0) is 12.1 Å². The molecule has 2 rings (SSSR count). The molecule has 0 fully saturated rings. The Morgan fingerprint density at radius 2 is 2.36 bits per heavy atom. The number of hydrogen-bond acceptors (Lipinski definition) is 5. The third-order valence-corrected chi connectivity index (χ3v) is 2.25. The van der Waals surface area contributed by atoms with Crippen molar-refractivity contribution in [3.05, 3.63) is 18.2 Å². The minimum atomic E-state index is -0.509. The minimum absolute atomic E-state index is 0.509. The van der Waals surface area contributed by atoms with Gasteiger partial charge in [0, 0.05) is 0 Å². The first kappa shape index (κ1) is 8.89. The van der Waals surface area contributed by atoms with Crippen LogP contribution in [0, 0.1) is 0 Å². The van der Waals surface area contributed by atoms with Gasteiger partial charge >= 0.3 is 6.09 Å². The molecule has 5 nitrogen and oxygen atoms in total. The van der Waals surface area contributed by atoms with E-state index in [9.17, 15) is 4.79 Å². The van der Waals surface area contributed by atoms with Crippen LogP contribution < -0.4 is 5.32 Å². The number of carbonyl (C=O) groups excluding carboxylic acids is 1. The lowest BCUT2D eigenvalue weighted by Crippen LogP contribution is -2.11. The number of aromatic nitrogens is 2. The maximum Gasteiger partial charge on any atom is 0.411 e. The summed E-state index contributed by atoms with van der Waals surface area (Å²) in [5.74, 6) is 0. The molecule has 72 valence electrons. The van der Waals surface area contributed by atoms with Crippen molar-refractivity contribution in [2.75, 3.05) is 12.4 Å². The van der Waals surface area contributed by atoms with E-state index in [4.69, 9.17) is 0 Å². The van der Waals surface area contributed by atoms with E-state index in [1.807, 2.05) is 6.07 Å². The molecular weight excluding hydrogens is 202 g/mol. The molecule has 0 bridgehead atoms. The highest BCUT2D eigenvalue weighted by Gasteiger charge is 2.07. The van der Waals surface area contributed by atoms with E-state index in [2.05, 4.69) is 18.8 Å². The van der Waals surface area contributed by atoms with Crippen LogP contribution in [0.4, 0.5) is 10.5 Å². The average Bonchev–Trinajstić information content (AvgIpc) is 2.66. The molecule has 0 spiro atoms. The standard InChI is InChI=1S/C8H7N3O2S/c1-13-8(12)9-5-3-2-4-6-7(5)11-14-10-6/h2-4H,1H3,(H,9,12). The molecule has 2 aromatic rings. The number of carbonyl (C=O) groups is 1. The quantitative estimate of drug-likeness (QED) is 0.778. The molecular formula is C8H7N3O2S. The Morgan fingerprint density at radius 1 is 1.50 bits per heavy atom. The van der Waals surface area contributed by atoms with Crippen LogP contribution in [0.5, 0.6) is 0 Å². The number of anilines is 1. The van der Waals surface area contributed by atoms with Crippen LogP contribution in [0.1, 0.15) is 0 Å². The van der Waals surface area contributed by atoms with Gasteiger partial charge in [0.1, 0.15) is 11.0 Å². The van der Waals surface area contributed by atoms with Gasteiger partial charge in [-0.1, -0.05) is 6.07 Å². The number of amides is 1. The largest absolute Gasteiger partial charge is 0.453 e. The Hall–Kier alpha value is -1.69. The number of benzene rings is 1. The Labute approximate surface area is 84.0 Å². The summed E-state index contributed by atoms with van der Waals surface area (Å²) < 4.78 is 12.6. The van der Waals surface area contributed by atoms with Crippen LogP contribution in [0.25, 0.3) is 11.0 Å². The zero-order valence-electron chi connectivity index (χ0n) is 7.35. The van der Waals surface area contributed by atoms with Crippen molar-refractivity contribution in [3.8, 4) is 0 Å². The molecule has 0 unspecified atom stereocenters. The highest BCUT2D eigenvalue weighted by molar-refractivity contribution is 7.00. The molecule has 0 aliphatic heterocycles. The van der Waals surface area contributed by atoms with Gasteiger partial charge in [0.05, 0.1) is 24.5 Å². The van der Waals surface area contributed by atoms with Gasteiger partial charge in [0.15, 0.2) is 0 Å². The second kappa shape index (κ2) is 3.59. The molecule has 1 aromatic heterocycles. The molecule has 14 heavy (non-hydrogen) atoms. The molecule has 1 N–H and O–H groups in total. The monoisotopic (exact) mass is 209 g/mol. The van der Waals surface area contributed by atoms with E-state index in [0.717, 1.165) is 17.2 Å². The van der Waals surface area contributed by atoms with Crippen LogP contribution in [0.3, 0.4) is 0 Å². The number of nitrogens with one attached hydrogen (secondary N) is 1. The van der Waals surface area contributed by atoms with Crippen molar-refractivity contribution < 1.29 is 9.53 Å². The van der Waals surface area contributed by atoms with Gasteiger partial charge in [0.25, 0.3) is 0 Å². The number of rotatable bonds is 1. The predicted molar refractivity (Wildman–Crippen MR) is 53.4 cm³/mol. The molecule has 0 radical (unpaired) electrons. The topological polar surface area (TPSA) is 64.1 Å². The van der Waals surface area contributed by atoms with Crippen LogP contribution in [0.2, 0.25) is 0 Å². The third-order valence-electron chi connectivity index (χ3n) is 1.71. The van der Waals surface area contributed by atoms with Gasteiger partial charge in [-0.15, -0.1) is 0 Å². The molecule has 0 atom stereocenters. The van der Waals surface area contributed by atoms with Crippen LogP contribution in [-0.2, 0) is 4.74 Å². The van der Waals surface area contributed by atoms with Crippen molar-refractivity contribution in [2.24, 2.45) is 0 Å². The Morgan fingerprint density at radius 3 is 3.14 bits per heavy atom. The van der Waals surface area contributed by atoms with Crippen molar-refractivity contribution >= 4 is 34.5 Å². The summed E-state index contributed by atoms with van der Waals surface area (Å²) >= 11 is 1.11. The molecule has 0 aliphatic rings. The van der Waals surface area contributed by atoms with Crippen molar-refractivity contribution in [3.63, 3.8) is 0 Å². The van der Waals surface area contributed by atoms with Gasteiger partial charge in [-0.25, -0.2) is 4.79 Å². The maximum absolute atomic E-state index is 11.0. The molecule has 6 heteroatoms. The van der Waals surface area contributed by atoms with E-state index in [1.165, 1.54) is 7.11 Å². The molecule has 1 amide bonds. The van der Waals surface area contributed by atoms with E-state index in [-0.39, 0.29) is 0 Å². The number of methoxy groups -OCH3 is 1. The summed E-state index contributed by atoms with van der Waals surface area (Å²) in [6, 6.07) is 5.39. The van der Waals surface area contributed by atoms with E-state index in [1.54, 1.807) is 12.1 Å². The summed E-state index contributed by atoms with van der Waals surface area (Å²) in [6.45, 7) is 0. The first-order valence-electron chi connectivity index (χ1n) is 3.87. The third kappa shape index (κ3) is 1.51. The second-order valence-electron chi connectivity index (χ2n) is 2.55. The fourth-order valence-electron chi connectivity index (χ4n) is 1.07. The molecule has 0 saturated carbocycles. The number of fused-ring (bicyclic) bond motifs is 1.